The van der Waals surface area contributed by atoms with E-state index >= 15 is 0 Å². The molecule has 0 unspecified atom stereocenters. The SMILES string of the molecule is O=C([O-])[O-].[Ba+2].[Ca+2].[H-].[H-]. The molecule has 0 aliphatic carbocycles. The first-order chi connectivity index (χ1) is 1.73. The zero-order chi connectivity index (χ0) is 3.58. The van der Waals surface area contributed by atoms with Crippen molar-refractivity contribution in [3.8, 4) is 0 Å². The molecule has 0 bridgehead atoms. The van der Waals surface area contributed by atoms with E-state index in [0.717, 1.165) is 0 Å². The predicted molar refractivity (Wildman–Crippen MR) is 19.1 cm³/mol. The smallest absolute Gasteiger partial charge is 1.00 e. The molecule has 6 heavy (non-hydrogen) atoms. The summed E-state index contributed by atoms with van der Waals surface area (Å²) in [7, 11) is 0. The quantitative estimate of drug-likeness (QED) is 0.424. The van der Waals surface area contributed by atoms with E-state index in [0.29, 0.717) is 0 Å². The fraction of sp³-hybridized carbons (Fsp3) is 0. The molecule has 0 amide bonds. The van der Waals surface area contributed by atoms with Crippen LogP contribution in [0.3, 0.4) is 0 Å². The summed E-state index contributed by atoms with van der Waals surface area (Å²) in [6, 6.07) is 0. The van der Waals surface area contributed by atoms with Crippen molar-refractivity contribution in [3.05, 3.63) is 0 Å². The third-order valence-corrected chi connectivity index (χ3v) is 0. The molecule has 0 saturated carbocycles. The van der Waals surface area contributed by atoms with Crippen LogP contribution in [0.15, 0.2) is 0 Å². The summed E-state index contributed by atoms with van der Waals surface area (Å²) in [5, 5.41) is 16.7. The molecule has 0 aliphatic heterocycles. The van der Waals surface area contributed by atoms with Gasteiger partial charge in [-0.2, -0.15) is 0 Å². The number of carbonyl (C=O) groups excluding carboxylic acids is 1. The van der Waals surface area contributed by atoms with Crippen LogP contribution in [0.2, 0.25) is 0 Å². The van der Waals surface area contributed by atoms with Gasteiger partial charge in [-0.25, -0.2) is 0 Å². The van der Waals surface area contributed by atoms with Gasteiger partial charge in [0.25, 0.3) is 0 Å². The van der Waals surface area contributed by atoms with Crippen molar-refractivity contribution in [3.63, 3.8) is 0 Å². The normalized spacial score (nSPS) is 4.00. The zero-order valence-corrected chi connectivity index (χ0v) is 9.79. The van der Waals surface area contributed by atoms with Gasteiger partial charge in [-0.05, 0) is 6.16 Å². The van der Waals surface area contributed by atoms with Gasteiger partial charge in [-0.1, -0.05) is 0 Å². The van der Waals surface area contributed by atoms with Crippen molar-refractivity contribution in [2.24, 2.45) is 0 Å². The van der Waals surface area contributed by atoms with E-state index in [2.05, 4.69) is 0 Å². The van der Waals surface area contributed by atoms with Gasteiger partial charge in [-0.15, -0.1) is 0 Å². The molecule has 0 aromatic heterocycles. The van der Waals surface area contributed by atoms with Crippen LogP contribution in [-0.2, 0) is 0 Å². The molecule has 0 N–H and O–H groups in total. The van der Waals surface area contributed by atoms with Crippen LogP contribution in [0.4, 0.5) is 4.79 Å². The molecular formula is CH2BaCaO3. The Morgan fingerprint density at radius 3 is 1.50 bits per heavy atom. The van der Waals surface area contributed by atoms with Gasteiger partial charge in [0.05, 0.1) is 0 Å². The first-order valence-corrected chi connectivity index (χ1v) is 0.612. The van der Waals surface area contributed by atoms with Crippen LogP contribution < -0.4 is 10.2 Å². The topological polar surface area (TPSA) is 63.2 Å². The summed E-state index contributed by atoms with van der Waals surface area (Å²) >= 11 is 0. The Balaban J connectivity index is -0.00000000750. The van der Waals surface area contributed by atoms with E-state index in [9.17, 15) is 0 Å². The summed E-state index contributed by atoms with van der Waals surface area (Å²) in [5.74, 6) is 0. The van der Waals surface area contributed by atoms with Crippen molar-refractivity contribution in [2.75, 3.05) is 0 Å². The Kier molecular flexibility index (Phi) is 26.6. The van der Waals surface area contributed by atoms with Gasteiger partial charge in [0.1, 0.15) is 0 Å². The van der Waals surface area contributed by atoms with Crippen molar-refractivity contribution < 1.29 is 17.9 Å². The molecule has 0 rings (SSSR count). The van der Waals surface area contributed by atoms with Gasteiger partial charge < -0.3 is 17.9 Å². The standard InChI is InChI=1S/CH2O3.Ba.Ca.2H/c2-1(3)4;;;;/h(H2,2,3,4);;;;/q;2*+2;2*-1/p-2. The average molecular weight is 239 g/mol. The minimum atomic E-state index is -2.33. The minimum absolute atomic E-state index is 0. The summed E-state index contributed by atoms with van der Waals surface area (Å²) < 4.78 is 0. The number of hydrogen-bond acceptors (Lipinski definition) is 3. The van der Waals surface area contributed by atoms with E-state index in [1.165, 1.54) is 0 Å². The Bertz CT molecular complexity index is 40.3. The summed E-state index contributed by atoms with van der Waals surface area (Å²) in [6.07, 6.45) is -2.33. The maximum Gasteiger partial charge on any atom is 2.00 e. The second-order valence-corrected chi connectivity index (χ2v) is 0.250. The Labute approximate surface area is 108 Å². The number of hydrogen-bond donors (Lipinski definition) is 0. The van der Waals surface area contributed by atoms with E-state index < -0.39 is 6.16 Å². The van der Waals surface area contributed by atoms with Crippen LogP contribution in [0.1, 0.15) is 2.85 Å². The third kappa shape index (κ3) is 36.0. The van der Waals surface area contributed by atoms with Crippen LogP contribution >= 0.6 is 0 Å². The van der Waals surface area contributed by atoms with Gasteiger partial charge >= 0.3 is 86.6 Å². The van der Waals surface area contributed by atoms with Crippen LogP contribution in [0.25, 0.3) is 0 Å². The first-order valence-electron chi connectivity index (χ1n) is 0.612. The number of carbonyl (C=O) groups is 1. The van der Waals surface area contributed by atoms with Crippen molar-refractivity contribution in [1.82, 2.24) is 0 Å². The minimum Gasteiger partial charge on any atom is -1.00 e. The van der Waals surface area contributed by atoms with Gasteiger partial charge in [0, 0.05) is 0 Å². The van der Waals surface area contributed by atoms with Crippen LogP contribution in [-0.4, -0.2) is 92.8 Å². The van der Waals surface area contributed by atoms with Crippen molar-refractivity contribution in [1.29, 1.82) is 0 Å². The molecule has 0 saturated heterocycles. The first kappa shape index (κ1) is 15.7. The summed E-state index contributed by atoms with van der Waals surface area (Å²) in [4.78, 5) is 8.33. The maximum absolute atomic E-state index is 8.33. The van der Waals surface area contributed by atoms with E-state index in [4.69, 9.17) is 15.0 Å². The molecule has 28 valence electrons. The van der Waals surface area contributed by atoms with Crippen LogP contribution in [0, 0.1) is 0 Å². The van der Waals surface area contributed by atoms with E-state index in [1.54, 1.807) is 0 Å². The Hall–Kier alpha value is 2.10. The maximum atomic E-state index is 8.33. The molecule has 0 spiro atoms. The number of rotatable bonds is 0. The van der Waals surface area contributed by atoms with Crippen molar-refractivity contribution in [2.45, 2.75) is 0 Å². The summed E-state index contributed by atoms with van der Waals surface area (Å²) in [6.45, 7) is 0. The Morgan fingerprint density at radius 1 is 1.50 bits per heavy atom. The molecule has 3 nitrogen and oxygen atoms in total. The molecule has 0 aliphatic rings. The average Bonchev–Trinajstić information content (AvgIpc) is 0.811. The second kappa shape index (κ2) is 10.2. The van der Waals surface area contributed by atoms with E-state index in [1.807, 2.05) is 0 Å². The molecule has 0 heterocycles. The fourth-order valence-electron chi connectivity index (χ4n) is 0. The molecule has 0 radical (unpaired) electrons. The van der Waals surface area contributed by atoms with E-state index in [-0.39, 0.29) is 89.5 Å². The molecule has 0 atom stereocenters. The predicted octanol–water partition coefficient (Wildman–Crippen LogP) is -2.98. The Morgan fingerprint density at radius 2 is 1.50 bits per heavy atom. The zero-order valence-electron chi connectivity index (χ0n) is 5.14. The molecule has 0 aromatic carbocycles. The second-order valence-electron chi connectivity index (χ2n) is 0.250. The monoisotopic (exact) mass is 240 g/mol. The largest absolute Gasteiger partial charge is 2.00 e. The van der Waals surface area contributed by atoms with Gasteiger partial charge in [0.15, 0.2) is 0 Å². The van der Waals surface area contributed by atoms with Gasteiger partial charge in [-0.3, -0.25) is 0 Å². The van der Waals surface area contributed by atoms with Crippen LogP contribution in [0.5, 0.6) is 0 Å². The van der Waals surface area contributed by atoms with Gasteiger partial charge in [0.2, 0.25) is 0 Å². The third-order valence-electron chi connectivity index (χ3n) is 0. The molecule has 0 aromatic rings. The molecule has 5 heteroatoms. The van der Waals surface area contributed by atoms with Crippen molar-refractivity contribution >= 4 is 92.8 Å². The summed E-state index contributed by atoms with van der Waals surface area (Å²) in [5.41, 5.74) is 0. The molecule has 0 fully saturated rings. The number of carboxylic acid groups (broad SMARTS) is 2. The fourth-order valence-corrected chi connectivity index (χ4v) is 0. The molecular weight excluding hydrogens is 237 g/mol.